The molecule has 30 heavy (non-hydrogen) atoms. The second-order valence-corrected chi connectivity index (χ2v) is 6.66. The van der Waals surface area contributed by atoms with Gasteiger partial charge in [0.05, 0.1) is 22.1 Å². The lowest BCUT2D eigenvalue weighted by molar-refractivity contribution is -0.384. The number of hydrogen-bond donors (Lipinski definition) is 2. The fourth-order valence-corrected chi connectivity index (χ4v) is 3.64. The Morgan fingerprint density at radius 1 is 1.20 bits per heavy atom. The Morgan fingerprint density at radius 3 is 2.70 bits per heavy atom. The van der Waals surface area contributed by atoms with Gasteiger partial charge in [0.2, 0.25) is 18.6 Å². The number of nitro benzene ring substituents is 1. The van der Waals surface area contributed by atoms with Gasteiger partial charge in [0.25, 0.3) is 5.69 Å². The van der Waals surface area contributed by atoms with E-state index in [1.807, 2.05) is 6.07 Å². The number of allylic oxidation sites excluding steroid dienone is 1. The molecule has 0 radical (unpaired) electrons. The van der Waals surface area contributed by atoms with Crippen molar-refractivity contribution in [3.8, 4) is 34.7 Å². The summed E-state index contributed by atoms with van der Waals surface area (Å²) in [6.07, 6.45) is 0. The molecule has 3 heterocycles. The molecule has 1 aromatic heterocycles. The van der Waals surface area contributed by atoms with Gasteiger partial charge < -0.3 is 19.9 Å². The highest BCUT2D eigenvalue weighted by Gasteiger charge is 2.36. The zero-order chi connectivity index (χ0) is 20.8. The number of nitrogens with zero attached hydrogens (tertiary/aromatic N) is 3. The van der Waals surface area contributed by atoms with Crippen molar-refractivity contribution in [2.45, 2.75) is 5.92 Å². The van der Waals surface area contributed by atoms with Crippen LogP contribution in [0.1, 0.15) is 17.0 Å². The first-order chi connectivity index (χ1) is 14.6. The van der Waals surface area contributed by atoms with Crippen LogP contribution in [0.5, 0.6) is 17.4 Å². The van der Waals surface area contributed by atoms with Crippen molar-refractivity contribution in [2.24, 2.45) is 5.73 Å². The van der Waals surface area contributed by atoms with Crippen molar-refractivity contribution in [3.63, 3.8) is 0 Å². The summed E-state index contributed by atoms with van der Waals surface area (Å²) in [6.45, 7) is 0.145. The largest absolute Gasteiger partial charge is 0.454 e. The number of benzene rings is 2. The monoisotopic (exact) mass is 403 g/mol. The summed E-state index contributed by atoms with van der Waals surface area (Å²) in [4.78, 5) is 10.5. The van der Waals surface area contributed by atoms with Gasteiger partial charge in [0.1, 0.15) is 11.6 Å². The smallest absolute Gasteiger partial charge is 0.269 e. The summed E-state index contributed by atoms with van der Waals surface area (Å²) in [5.41, 5.74) is 8.73. The van der Waals surface area contributed by atoms with Crippen LogP contribution < -0.4 is 19.9 Å². The topological polar surface area (TPSA) is 149 Å². The van der Waals surface area contributed by atoms with Crippen LogP contribution in [0.2, 0.25) is 0 Å². The first kappa shape index (κ1) is 17.6. The SMILES string of the molecule is N#CC1=C(N)Oc2n[nH]c(-c3ccc4c(c3)OCO4)c2C1c1ccc([N+](=O)[O-])cc1. The van der Waals surface area contributed by atoms with E-state index in [-0.39, 0.29) is 29.8 Å². The number of nitro groups is 1. The lowest BCUT2D eigenvalue weighted by atomic mass is 9.83. The first-order valence-corrected chi connectivity index (χ1v) is 8.87. The van der Waals surface area contributed by atoms with Crippen LogP contribution in [0.3, 0.4) is 0 Å². The average Bonchev–Trinajstić information content (AvgIpc) is 3.38. The zero-order valence-corrected chi connectivity index (χ0v) is 15.3. The molecule has 10 nitrogen and oxygen atoms in total. The van der Waals surface area contributed by atoms with Crippen molar-refractivity contribution in [2.75, 3.05) is 6.79 Å². The van der Waals surface area contributed by atoms with Gasteiger partial charge in [0, 0.05) is 17.7 Å². The van der Waals surface area contributed by atoms with Gasteiger partial charge in [-0.2, -0.15) is 5.26 Å². The van der Waals surface area contributed by atoms with E-state index in [9.17, 15) is 15.4 Å². The second-order valence-electron chi connectivity index (χ2n) is 6.66. The number of fused-ring (bicyclic) bond motifs is 2. The van der Waals surface area contributed by atoms with Gasteiger partial charge in [0.15, 0.2) is 11.5 Å². The van der Waals surface area contributed by atoms with E-state index in [4.69, 9.17) is 19.9 Å². The zero-order valence-electron chi connectivity index (χ0n) is 15.3. The van der Waals surface area contributed by atoms with Gasteiger partial charge >= 0.3 is 0 Å². The Balaban J connectivity index is 1.67. The number of nitriles is 1. The Kier molecular flexibility index (Phi) is 3.82. The van der Waals surface area contributed by atoms with Gasteiger partial charge in [-0.25, -0.2) is 0 Å². The van der Waals surface area contributed by atoms with E-state index >= 15 is 0 Å². The van der Waals surface area contributed by atoms with Crippen LogP contribution >= 0.6 is 0 Å². The molecule has 148 valence electrons. The van der Waals surface area contributed by atoms with Crippen molar-refractivity contribution in [1.29, 1.82) is 5.26 Å². The number of hydrogen-bond acceptors (Lipinski definition) is 8. The molecule has 0 saturated carbocycles. The fraction of sp³-hybridized carbons (Fsp3) is 0.100. The Bertz CT molecular complexity index is 1260. The number of H-pyrrole nitrogens is 1. The van der Waals surface area contributed by atoms with E-state index in [1.54, 1.807) is 24.3 Å². The third-order valence-electron chi connectivity index (χ3n) is 5.04. The predicted octanol–water partition coefficient (Wildman–Crippen LogP) is 2.93. The molecule has 0 amide bonds. The number of nitrogens with one attached hydrogen (secondary N) is 1. The molecular formula is C20H13N5O5. The molecular weight excluding hydrogens is 390 g/mol. The fourth-order valence-electron chi connectivity index (χ4n) is 3.64. The Hall–Kier alpha value is -4.52. The van der Waals surface area contributed by atoms with Gasteiger partial charge in [-0.15, -0.1) is 5.10 Å². The van der Waals surface area contributed by atoms with E-state index in [0.29, 0.717) is 28.3 Å². The third kappa shape index (κ3) is 2.61. The summed E-state index contributed by atoms with van der Waals surface area (Å²) >= 11 is 0. The summed E-state index contributed by atoms with van der Waals surface area (Å²) in [5.74, 6) is 0.797. The van der Waals surface area contributed by atoms with Crippen molar-refractivity contribution >= 4 is 5.69 Å². The van der Waals surface area contributed by atoms with Crippen molar-refractivity contribution in [1.82, 2.24) is 10.2 Å². The van der Waals surface area contributed by atoms with E-state index in [2.05, 4.69) is 16.3 Å². The highest BCUT2D eigenvalue weighted by molar-refractivity contribution is 5.73. The second kappa shape index (κ2) is 6.52. The molecule has 0 spiro atoms. The maximum atomic E-state index is 11.0. The van der Waals surface area contributed by atoms with Gasteiger partial charge in [-0.1, -0.05) is 12.1 Å². The molecule has 3 aromatic rings. The summed E-state index contributed by atoms with van der Waals surface area (Å²) in [6, 6.07) is 13.5. The molecule has 0 fully saturated rings. The Labute approximate surface area is 169 Å². The van der Waals surface area contributed by atoms with Crippen molar-refractivity contribution in [3.05, 3.63) is 75.2 Å². The van der Waals surface area contributed by atoms with Crippen molar-refractivity contribution < 1.29 is 19.1 Å². The van der Waals surface area contributed by atoms with Crippen LogP contribution in [0, 0.1) is 21.4 Å². The average molecular weight is 403 g/mol. The van der Waals surface area contributed by atoms with Crippen LogP contribution in [0.4, 0.5) is 5.69 Å². The molecule has 1 atom stereocenters. The maximum absolute atomic E-state index is 11.0. The van der Waals surface area contributed by atoms with Gasteiger partial charge in [-0.05, 0) is 23.8 Å². The molecule has 3 N–H and O–H groups in total. The highest BCUT2D eigenvalue weighted by atomic mass is 16.7. The molecule has 5 rings (SSSR count). The summed E-state index contributed by atoms with van der Waals surface area (Å²) < 4.78 is 16.4. The lowest BCUT2D eigenvalue weighted by Gasteiger charge is -2.24. The van der Waals surface area contributed by atoms with E-state index in [1.165, 1.54) is 12.1 Å². The van der Waals surface area contributed by atoms with Gasteiger partial charge in [-0.3, -0.25) is 15.2 Å². The molecule has 2 aromatic carbocycles. The number of rotatable bonds is 3. The number of non-ortho nitro benzene ring substituents is 1. The minimum Gasteiger partial charge on any atom is -0.454 e. The molecule has 0 saturated heterocycles. The quantitative estimate of drug-likeness (QED) is 0.501. The molecule has 1 unspecified atom stereocenters. The van der Waals surface area contributed by atoms with Crippen LogP contribution in [-0.2, 0) is 0 Å². The summed E-state index contributed by atoms with van der Waals surface area (Å²) in [7, 11) is 0. The van der Waals surface area contributed by atoms with Crippen LogP contribution in [0.15, 0.2) is 53.9 Å². The van der Waals surface area contributed by atoms with Crippen LogP contribution in [0.25, 0.3) is 11.3 Å². The number of aromatic amines is 1. The first-order valence-electron chi connectivity index (χ1n) is 8.87. The summed E-state index contributed by atoms with van der Waals surface area (Å²) in [5, 5.41) is 27.9. The number of ether oxygens (including phenoxy) is 3. The molecule has 0 aliphatic carbocycles. The molecule has 2 aliphatic rings. The van der Waals surface area contributed by atoms with E-state index in [0.717, 1.165) is 5.56 Å². The lowest BCUT2D eigenvalue weighted by Crippen LogP contribution is -2.21. The minimum atomic E-state index is -0.612. The number of nitrogens with two attached hydrogens (primary N) is 1. The minimum absolute atomic E-state index is 0.0512. The maximum Gasteiger partial charge on any atom is 0.269 e. The molecule has 0 bridgehead atoms. The number of aromatic nitrogens is 2. The van der Waals surface area contributed by atoms with Crippen LogP contribution in [-0.4, -0.2) is 21.9 Å². The Morgan fingerprint density at radius 2 is 1.97 bits per heavy atom. The highest BCUT2D eigenvalue weighted by Crippen LogP contribution is 2.47. The molecule has 10 heteroatoms. The molecule has 2 aliphatic heterocycles. The standard InChI is InChI=1S/C20H13N5O5/c21-8-13-16(10-1-4-12(5-2-10)25(26)27)17-18(23-24-20(17)30-19(13)22)11-3-6-14-15(7-11)29-9-28-14/h1-7,16H,9,22H2,(H,23,24). The van der Waals surface area contributed by atoms with E-state index < -0.39 is 10.8 Å². The predicted molar refractivity (Wildman–Crippen MR) is 103 cm³/mol. The normalized spacial score (nSPS) is 16.6. The third-order valence-corrected chi connectivity index (χ3v) is 5.04.